The Balaban J connectivity index is 2.38. The van der Waals surface area contributed by atoms with Crippen LogP contribution in [0.1, 0.15) is 11.1 Å². The Morgan fingerprint density at radius 1 is 1.20 bits per heavy atom. The first-order chi connectivity index (χ1) is 9.61. The molecule has 4 nitrogen and oxygen atoms in total. The monoisotopic (exact) mass is 331 g/mol. The van der Waals surface area contributed by atoms with Crippen molar-refractivity contribution in [2.24, 2.45) is 0 Å². The molecule has 2 aromatic rings. The lowest BCUT2D eigenvalue weighted by Crippen LogP contribution is -2.02. The molecule has 2 rings (SSSR count). The minimum absolute atomic E-state index is 0.133. The number of benzene rings is 2. The maximum absolute atomic E-state index is 10.8. The number of para-hydroxylation sites is 1. The smallest absolute Gasteiger partial charge is 0.307 e. The van der Waals surface area contributed by atoms with Crippen molar-refractivity contribution in [1.82, 2.24) is 0 Å². The van der Waals surface area contributed by atoms with Gasteiger partial charge in [-0.1, -0.05) is 24.3 Å². The standard InChI is InChI=1S/C15H10BrNO3/c16-12-5-3-7-14(11(12)9-17)20-13-6-2-1-4-10(13)8-15(18)19/h1-7H,8H2,(H,18,19). The Morgan fingerprint density at radius 3 is 2.60 bits per heavy atom. The molecule has 100 valence electrons. The summed E-state index contributed by atoms with van der Waals surface area (Å²) in [6.45, 7) is 0. The van der Waals surface area contributed by atoms with Crippen LogP contribution in [0.2, 0.25) is 0 Å². The first-order valence-electron chi connectivity index (χ1n) is 5.78. The molecule has 0 amide bonds. The van der Waals surface area contributed by atoms with Gasteiger partial charge >= 0.3 is 5.97 Å². The SMILES string of the molecule is N#Cc1c(Br)cccc1Oc1ccccc1CC(=O)O. The van der Waals surface area contributed by atoms with Crippen molar-refractivity contribution < 1.29 is 14.6 Å². The second-order valence-electron chi connectivity index (χ2n) is 4.01. The molecule has 2 aromatic carbocycles. The van der Waals surface area contributed by atoms with Crippen LogP contribution < -0.4 is 4.74 Å². The summed E-state index contributed by atoms with van der Waals surface area (Å²) in [7, 11) is 0. The summed E-state index contributed by atoms with van der Waals surface area (Å²) in [5.41, 5.74) is 0.932. The fourth-order valence-corrected chi connectivity index (χ4v) is 2.17. The van der Waals surface area contributed by atoms with Gasteiger partial charge in [-0.15, -0.1) is 0 Å². The highest BCUT2D eigenvalue weighted by atomic mass is 79.9. The van der Waals surface area contributed by atoms with Crippen LogP contribution in [0.3, 0.4) is 0 Å². The molecular formula is C15H10BrNO3. The summed E-state index contributed by atoms with van der Waals surface area (Å²) < 4.78 is 6.33. The molecule has 0 saturated heterocycles. The number of hydrogen-bond donors (Lipinski definition) is 1. The zero-order valence-corrected chi connectivity index (χ0v) is 11.9. The van der Waals surface area contributed by atoms with E-state index in [-0.39, 0.29) is 6.42 Å². The molecule has 0 spiro atoms. The third-order valence-electron chi connectivity index (χ3n) is 2.62. The van der Waals surface area contributed by atoms with Crippen molar-refractivity contribution in [2.75, 3.05) is 0 Å². The van der Waals surface area contributed by atoms with Crippen LogP contribution in [0.25, 0.3) is 0 Å². The van der Waals surface area contributed by atoms with Gasteiger partial charge in [0, 0.05) is 10.0 Å². The van der Waals surface area contributed by atoms with Gasteiger partial charge in [-0.3, -0.25) is 4.79 Å². The molecule has 0 bridgehead atoms. The molecule has 0 aliphatic rings. The molecule has 0 heterocycles. The fourth-order valence-electron chi connectivity index (χ4n) is 1.73. The van der Waals surface area contributed by atoms with Crippen LogP contribution in [0.4, 0.5) is 0 Å². The third-order valence-corrected chi connectivity index (χ3v) is 3.28. The predicted octanol–water partition coefficient (Wildman–Crippen LogP) is 3.74. The van der Waals surface area contributed by atoms with Crippen LogP contribution in [-0.2, 0) is 11.2 Å². The molecule has 1 N–H and O–H groups in total. The number of carboxylic acid groups (broad SMARTS) is 1. The average Bonchev–Trinajstić information content (AvgIpc) is 2.41. The second kappa shape index (κ2) is 6.22. The van der Waals surface area contributed by atoms with E-state index in [1.165, 1.54) is 0 Å². The zero-order valence-electron chi connectivity index (χ0n) is 10.3. The summed E-state index contributed by atoms with van der Waals surface area (Å²) in [5.74, 6) is -0.111. The molecule has 0 aliphatic heterocycles. The normalized spacial score (nSPS) is 9.80. The van der Waals surface area contributed by atoms with Crippen LogP contribution in [-0.4, -0.2) is 11.1 Å². The highest BCUT2D eigenvalue weighted by molar-refractivity contribution is 9.10. The molecule has 0 fully saturated rings. The molecular weight excluding hydrogens is 322 g/mol. The molecule has 0 atom stereocenters. The Hall–Kier alpha value is -2.32. The minimum Gasteiger partial charge on any atom is -0.481 e. The number of carbonyl (C=O) groups is 1. The van der Waals surface area contributed by atoms with E-state index in [0.717, 1.165) is 0 Å². The van der Waals surface area contributed by atoms with Gasteiger partial charge in [0.1, 0.15) is 23.1 Å². The molecule has 0 unspecified atom stereocenters. The number of nitrogens with zero attached hydrogens (tertiary/aromatic N) is 1. The first-order valence-corrected chi connectivity index (χ1v) is 6.57. The molecule has 5 heteroatoms. The van der Waals surface area contributed by atoms with E-state index in [9.17, 15) is 4.79 Å². The Kier molecular flexibility index (Phi) is 4.38. The number of hydrogen-bond acceptors (Lipinski definition) is 3. The van der Waals surface area contributed by atoms with Crippen LogP contribution >= 0.6 is 15.9 Å². The lowest BCUT2D eigenvalue weighted by atomic mass is 10.1. The molecule has 0 saturated carbocycles. The Bertz CT molecular complexity index is 692. The molecule has 0 radical (unpaired) electrons. The molecule has 0 aliphatic carbocycles. The second-order valence-corrected chi connectivity index (χ2v) is 4.86. The Labute approximate surface area is 124 Å². The fraction of sp³-hybridized carbons (Fsp3) is 0.0667. The number of nitriles is 1. The van der Waals surface area contributed by atoms with Gasteiger partial charge in [-0.2, -0.15) is 5.26 Å². The van der Waals surface area contributed by atoms with E-state index in [1.807, 2.05) is 0 Å². The van der Waals surface area contributed by atoms with Crippen molar-refractivity contribution >= 4 is 21.9 Å². The van der Waals surface area contributed by atoms with E-state index in [0.29, 0.717) is 27.1 Å². The minimum atomic E-state index is -0.934. The lowest BCUT2D eigenvalue weighted by Gasteiger charge is -2.11. The summed E-state index contributed by atoms with van der Waals surface area (Å²) in [5, 5.41) is 18.0. The van der Waals surface area contributed by atoms with Gasteiger partial charge in [-0.05, 0) is 34.1 Å². The van der Waals surface area contributed by atoms with Gasteiger partial charge in [-0.25, -0.2) is 0 Å². The van der Waals surface area contributed by atoms with E-state index in [4.69, 9.17) is 15.1 Å². The maximum Gasteiger partial charge on any atom is 0.307 e. The van der Waals surface area contributed by atoms with Gasteiger partial charge in [0.25, 0.3) is 0 Å². The summed E-state index contributed by atoms with van der Waals surface area (Å²) in [4.78, 5) is 10.8. The first kappa shape index (κ1) is 14.1. The number of rotatable bonds is 4. The third kappa shape index (κ3) is 3.16. The average molecular weight is 332 g/mol. The van der Waals surface area contributed by atoms with Crippen LogP contribution in [0, 0.1) is 11.3 Å². The van der Waals surface area contributed by atoms with Gasteiger partial charge in [0.05, 0.1) is 6.42 Å². The van der Waals surface area contributed by atoms with Crippen LogP contribution in [0.5, 0.6) is 11.5 Å². The van der Waals surface area contributed by atoms with Crippen molar-refractivity contribution in [3.8, 4) is 17.6 Å². The largest absolute Gasteiger partial charge is 0.481 e. The van der Waals surface area contributed by atoms with Crippen molar-refractivity contribution in [1.29, 1.82) is 5.26 Å². The van der Waals surface area contributed by atoms with E-state index >= 15 is 0 Å². The lowest BCUT2D eigenvalue weighted by molar-refractivity contribution is -0.136. The van der Waals surface area contributed by atoms with Gasteiger partial charge in [0.15, 0.2) is 0 Å². The van der Waals surface area contributed by atoms with Crippen molar-refractivity contribution in [3.63, 3.8) is 0 Å². The Morgan fingerprint density at radius 2 is 1.90 bits per heavy atom. The van der Waals surface area contributed by atoms with Gasteiger partial charge < -0.3 is 9.84 Å². The molecule has 20 heavy (non-hydrogen) atoms. The highest BCUT2D eigenvalue weighted by Gasteiger charge is 2.12. The maximum atomic E-state index is 10.8. The topological polar surface area (TPSA) is 70.3 Å². The molecule has 0 aromatic heterocycles. The summed E-state index contributed by atoms with van der Waals surface area (Å²) in [6.07, 6.45) is -0.133. The van der Waals surface area contributed by atoms with Gasteiger partial charge in [0.2, 0.25) is 0 Å². The van der Waals surface area contributed by atoms with Crippen LogP contribution in [0.15, 0.2) is 46.9 Å². The quantitative estimate of drug-likeness (QED) is 0.926. The zero-order chi connectivity index (χ0) is 14.5. The van der Waals surface area contributed by atoms with E-state index < -0.39 is 5.97 Å². The predicted molar refractivity (Wildman–Crippen MR) is 76.7 cm³/mol. The number of ether oxygens (including phenoxy) is 1. The van der Waals surface area contributed by atoms with E-state index in [2.05, 4.69) is 22.0 Å². The summed E-state index contributed by atoms with van der Waals surface area (Å²) >= 11 is 3.28. The number of aliphatic carboxylic acids is 1. The number of carboxylic acids is 1. The number of halogens is 1. The highest BCUT2D eigenvalue weighted by Crippen LogP contribution is 2.31. The van der Waals surface area contributed by atoms with E-state index in [1.54, 1.807) is 42.5 Å². The van der Waals surface area contributed by atoms with Crippen molar-refractivity contribution in [2.45, 2.75) is 6.42 Å². The van der Waals surface area contributed by atoms with Crippen molar-refractivity contribution in [3.05, 3.63) is 58.1 Å². The summed E-state index contributed by atoms with van der Waals surface area (Å²) in [6, 6.07) is 14.1.